The van der Waals surface area contributed by atoms with Gasteiger partial charge in [0.05, 0.1) is 11.6 Å². The van der Waals surface area contributed by atoms with E-state index in [1.54, 1.807) is 7.11 Å². The van der Waals surface area contributed by atoms with E-state index in [-0.39, 0.29) is 24.3 Å². The number of carbonyl (C=O) groups is 1. The van der Waals surface area contributed by atoms with Gasteiger partial charge < -0.3 is 15.4 Å². The Morgan fingerprint density at radius 3 is 2.61 bits per heavy atom. The van der Waals surface area contributed by atoms with Crippen LogP contribution < -0.4 is 15.4 Å². The highest BCUT2D eigenvalue weighted by molar-refractivity contribution is 9.10. The molecule has 122 valence electrons. The van der Waals surface area contributed by atoms with Crippen molar-refractivity contribution in [1.82, 2.24) is 0 Å². The Hall–Kier alpha value is -1.92. The van der Waals surface area contributed by atoms with Crippen molar-refractivity contribution < 1.29 is 19.2 Å². The van der Waals surface area contributed by atoms with Crippen LogP contribution in [0.3, 0.4) is 0 Å². The summed E-state index contributed by atoms with van der Waals surface area (Å²) in [5.74, 6) is 0.319. The lowest BCUT2D eigenvalue weighted by molar-refractivity contribution is -0.682. The molecule has 0 bridgehead atoms. The molecule has 0 radical (unpaired) electrons. The topological polar surface area (TPSA) is 54.9 Å². The van der Waals surface area contributed by atoms with Crippen molar-refractivity contribution in [3.8, 4) is 5.75 Å². The molecule has 0 aliphatic rings. The van der Waals surface area contributed by atoms with Gasteiger partial charge in [0.1, 0.15) is 17.6 Å². The van der Waals surface area contributed by atoms with Crippen molar-refractivity contribution in [2.45, 2.75) is 13.0 Å². The summed E-state index contributed by atoms with van der Waals surface area (Å²) in [5.41, 5.74) is 1.68. The molecular weight excluding hydrogens is 363 g/mol. The zero-order chi connectivity index (χ0) is 16.8. The summed E-state index contributed by atoms with van der Waals surface area (Å²) in [6, 6.07) is 11.7. The molecule has 0 aliphatic heterocycles. The molecule has 2 aromatic carbocycles. The van der Waals surface area contributed by atoms with Crippen molar-refractivity contribution in [3.63, 3.8) is 0 Å². The number of ether oxygens (including phenoxy) is 1. The van der Waals surface area contributed by atoms with Crippen molar-refractivity contribution >= 4 is 27.5 Å². The lowest BCUT2D eigenvalue weighted by Crippen LogP contribution is -2.86. The molecule has 2 rings (SSSR count). The van der Waals surface area contributed by atoms with E-state index in [0.717, 1.165) is 15.8 Å². The highest BCUT2D eigenvalue weighted by Crippen LogP contribution is 2.27. The van der Waals surface area contributed by atoms with Crippen molar-refractivity contribution in [3.05, 3.63) is 58.3 Å². The highest BCUT2D eigenvalue weighted by atomic mass is 79.9. The Kier molecular flexibility index (Phi) is 6.12. The fourth-order valence-electron chi connectivity index (χ4n) is 2.13. The zero-order valence-corrected chi connectivity index (χ0v) is 14.6. The van der Waals surface area contributed by atoms with E-state index in [9.17, 15) is 9.18 Å². The van der Waals surface area contributed by atoms with Gasteiger partial charge in [-0.15, -0.1) is 0 Å². The van der Waals surface area contributed by atoms with Crippen LogP contribution in [-0.2, 0) is 4.79 Å². The van der Waals surface area contributed by atoms with Gasteiger partial charge in [-0.2, -0.15) is 0 Å². The van der Waals surface area contributed by atoms with Gasteiger partial charge in [0.25, 0.3) is 5.91 Å². The first-order chi connectivity index (χ1) is 11.0. The number of rotatable bonds is 6. The van der Waals surface area contributed by atoms with Crippen LogP contribution in [0.15, 0.2) is 46.9 Å². The number of amides is 1. The summed E-state index contributed by atoms with van der Waals surface area (Å²) in [7, 11) is 1.62. The molecule has 0 saturated carbocycles. The van der Waals surface area contributed by atoms with Gasteiger partial charge in [-0.1, -0.05) is 0 Å². The van der Waals surface area contributed by atoms with E-state index in [1.165, 1.54) is 24.3 Å². The average molecular weight is 382 g/mol. The number of nitrogens with one attached hydrogen (secondary N) is 1. The van der Waals surface area contributed by atoms with E-state index in [4.69, 9.17) is 4.74 Å². The molecule has 0 aliphatic carbocycles. The molecule has 1 atom stereocenters. The maximum atomic E-state index is 12.8. The number of quaternary nitrogens is 1. The van der Waals surface area contributed by atoms with Crippen LogP contribution in [0.2, 0.25) is 0 Å². The summed E-state index contributed by atoms with van der Waals surface area (Å²) < 4.78 is 18.9. The van der Waals surface area contributed by atoms with Gasteiger partial charge in [-0.3, -0.25) is 4.79 Å². The first-order valence-electron chi connectivity index (χ1n) is 7.22. The number of hydrogen-bond acceptors (Lipinski definition) is 2. The first kappa shape index (κ1) is 17.4. The standard InChI is InChI=1S/C17H18BrFN2O2/c1-11(12-3-8-16(23-2)15(18)9-12)20-10-17(22)21-14-6-4-13(19)5-7-14/h3-9,11,20H,10H2,1-2H3,(H,21,22)/p+1/t11-/m1/s1. The number of nitrogens with two attached hydrogens (primary N) is 1. The highest BCUT2D eigenvalue weighted by Gasteiger charge is 2.13. The van der Waals surface area contributed by atoms with Crippen LogP contribution in [0.5, 0.6) is 5.75 Å². The number of hydrogen-bond donors (Lipinski definition) is 2. The van der Waals surface area contributed by atoms with Gasteiger partial charge >= 0.3 is 0 Å². The van der Waals surface area contributed by atoms with Crippen LogP contribution in [0.25, 0.3) is 0 Å². The number of methoxy groups -OCH3 is 1. The van der Waals surface area contributed by atoms with Crippen LogP contribution in [0.4, 0.5) is 10.1 Å². The fourth-order valence-corrected chi connectivity index (χ4v) is 2.69. The summed E-state index contributed by atoms with van der Waals surface area (Å²) in [6.45, 7) is 2.31. The SMILES string of the molecule is COc1ccc([C@@H](C)[NH2+]CC(=O)Nc2ccc(F)cc2)cc1Br. The Morgan fingerprint density at radius 2 is 2.00 bits per heavy atom. The number of carbonyl (C=O) groups excluding carboxylic acids is 1. The molecule has 0 aromatic heterocycles. The van der Waals surface area contributed by atoms with Crippen molar-refractivity contribution in [2.75, 3.05) is 19.0 Å². The lowest BCUT2D eigenvalue weighted by Gasteiger charge is -2.13. The van der Waals surface area contributed by atoms with Crippen LogP contribution in [-0.4, -0.2) is 19.6 Å². The third-order valence-electron chi connectivity index (χ3n) is 3.49. The van der Waals surface area contributed by atoms with Gasteiger partial charge in [0.2, 0.25) is 0 Å². The summed E-state index contributed by atoms with van der Waals surface area (Å²) in [4.78, 5) is 11.9. The molecule has 0 heterocycles. The minimum atomic E-state index is -0.326. The average Bonchev–Trinajstić information content (AvgIpc) is 2.54. The normalized spacial score (nSPS) is 11.8. The summed E-state index contributed by atoms with van der Waals surface area (Å²) in [5, 5.41) is 4.68. The van der Waals surface area contributed by atoms with E-state index in [2.05, 4.69) is 21.2 Å². The molecule has 2 aromatic rings. The molecule has 0 unspecified atom stereocenters. The third kappa shape index (κ3) is 5.04. The molecule has 1 amide bonds. The predicted molar refractivity (Wildman–Crippen MR) is 90.9 cm³/mol. The summed E-state index contributed by atoms with van der Waals surface area (Å²) >= 11 is 3.46. The van der Waals surface area contributed by atoms with Crippen LogP contribution >= 0.6 is 15.9 Å². The number of halogens is 2. The van der Waals surface area contributed by atoms with E-state index < -0.39 is 0 Å². The van der Waals surface area contributed by atoms with Gasteiger partial charge in [0, 0.05) is 11.3 Å². The Morgan fingerprint density at radius 1 is 1.30 bits per heavy atom. The monoisotopic (exact) mass is 381 g/mol. The molecule has 23 heavy (non-hydrogen) atoms. The molecular formula is C17H19BrFN2O2+. The Bertz CT molecular complexity index is 677. The Labute approximate surface area is 143 Å². The van der Waals surface area contributed by atoms with Crippen LogP contribution in [0, 0.1) is 5.82 Å². The van der Waals surface area contributed by atoms with Gasteiger partial charge in [-0.05, 0) is 65.3 Å². The third-order valence-corrected chi connectivity index (χ3v) is 4.11. The number of benzene rings is 2. The smallest absolute Gasteiger partial charge is 0.279 e. The predicted octanol–water partition coefficient (Wildman–Crippen LogP) is 2.86. The second-order valence-corrected chi connectivity index (χ2v) is 6.03. The van der Waals surface area contributed by atoms with E-state index in [1.807, 2.05) is 30.4 Å². The van der Waals surface area contributed by atoms with Crippen molar-refractivity contribution in [2.24, 2.45) is 0 Å². The van der Waals surface area contributed by atoms with Crippen LogP contribution in [0.1, 0.15) is 18.5 Å². The molecule has 4 nitrogen and oxygen atoms in total. The molecule has 3 N–H and O–H groups in total. The van der Waals surface area contributed by atoms with E-state index in [0.29, 0.717) is 5.69 Å². The lowest BCUT2D eigenvalue weighted by atomic mass is 10.1. The van der Waals surface area contributed by atoms with Gasteiger partial charge in [-0.25, -0.2) is 4.39 Å². The second-order valence-electron chi connectivity index (χ2n) is 5.18. The quantitative estimate of drug-likeness (QED) is 0.808. The molecule has 0 saturated heterocycles. The minimum absolute atomic E-state index is 0.121. The fraction of sp³-hybridized carbons (Fsp3) is 0.235. The summed E-state index contributed by atoms with van der Waals surface area (Å²) in [6.07, 6.45) is 0. The molecule has 0 spiro atoms. The van der Waals surface area contributed by atoms with E-state index >= 15 is 0 Å². The minimum Gasteiger partial charge on any atom is -0.496 e. The van der Waals surface area contributed by atoms with Crippen molar-refractivity contribution in [1.29, 1.82) is 0 Å². The zero-order valence-electron chi connectivity index (χ0n) is 13.0. The van der Waals surface area contributed by atoms with Gasteiger partial charge in [0.15, 0.2) is 6.54 Å². The molecule has 0 fully saturated rings. The maximum Gasteiger partial charge on any atom is 0.279 e. The Balaban J connectivity index is 1.88. The number of anilines is 1. The second kappa shape index (κ2) is 8.08. The molecule has 6 heteroatoms. The largest absolute Gasteiger partial charge is 0.496 e. The first-order valence-corrected chi connectivity index (χ1v) is 8.01. The maximum absolute atomic E-state index is 12.8.